The molecule has 0 amide bonds. The van der Waals surface area contributed by atoms with Crippen LogP contribution in [0.4, 0.5) is 0 Å². The van der Waals surface area contributed by atoms with Crippen LogP contribution in [-0.2, 0) is 11.2 Å². The van der Waals surface area contributed by atoms with Crippen molar-refractivity contribution in [2.24, 2.45) is 5.92 Å². The van der Waals surface area contributed by atoms with Gasteiger partial charge in [0, 0.05) is 13.0 Å². The van der Waals surface area contributed by atoms with Crippen molar-refractivity contribution < 1.29 is 4.74 Å². The molecule has 2 rings (SSSR count). The monoisotopic (exact) mass is 289 g/mol. The van der Waals surface area contributed by atoms with Gasteiger partial charge in [-0.25, -0.2) is 4.68 Å². The third-order valence-electron chi connectivity index (χ3n) is 3.27. The van der Waals surface area contributed by atoms with Gasteiger partial charge in [-0.15, -0.1) is 17.5 Å². The van der Waals surface area contributed by atoms with E-state index in [1.807, 2.05) is 4.68 Å². The molecule has 0 radical (unpaired) electrons. The van der Waals surface area contributed by atoms with E-state index in [-0.39, 0.29) is 12.4 Å². The van der Waals surface area contributed by atoms with Gasteiger partial charge in [0.15, 0.2) is 5.82 Å². The average Bonchev–Trinajstić information content (AvgIpc) is 2.84. The number of ether oxygens (including phenoxy) is 1. The molecule has 7 heteroatoms. The van der Waals surface area contributed by atoms with E-state index in [1.54, 1.807) is 0 Å². The molecule has 0 bridgehead atoms. The quantitative estimate of drug-likeness (QED) is 0.798. The second kappa shape index (κ2) is 8.45. The first-order valence-electron chi connectivity index (χ1n) is 6.82. The number of nitrogens with zero attached hydrogens (tertiary/aromatic N) is 4. The first kappa shape index (κ1) is 16.3. The summed E-state index contributed by atoms with van der Waals surface area (Å²) in [4.78, 5) is 0. The number of hydrogen-bond acceptors (Lipinski definition) is 5. The van der Waals surface area contributed by atoms with E-state index in [2.05, 4.69) is 34.7 Å². The van der Waals surface area contributed by atoms with E-state index < -0.39 is 0 Å². The van der Waals surface area contributed by atoms with E-state index in [0.717, 1.165) is 31.9 Å². The van der Waals surface area contributed by atoms with E-state index in [1.165, 1.54) is 12.8 Å². The lowest BCUT2D eigenvalue weighted by atomic mass is 10.0. The highest BCUT2D eigenvalue weighted by atomic mass is 35.5. The summed E-state index contributed by atoms with van der Waals surface area (Å²) in [6.07, 6.45) is 3.32. The molecule has 1 aliphatic rings. The van der Waals surface area contributed by atoms with Crippen molar-refractivity contribution in [2.45, 2.75) is 39.2 Å². The largest absolute Gasteiger partial charge is 0.381 e. The van der Waals surface area contributed by atoms with E-state index in [4.69, 9.17) is 4.74 Å². The van der Waals surface area contributed by atoms with Gasteiger partial charge < -0.3 is 10.1 Å². The summed E-state index contributed by atoms with van der Waals surface area (Å²) in [5, 5.41) is 15.1. The number of aromatic nitrogens is 4. The highest BCUT2D eigenvalue weighted by molar-refractivity contribution is 5.85. The van der Waals surface area contributed by atoms with Crippen molar-refractivity contribution >= 4 is 12.4 Å². The molecule has 0 saturated carbocycles. The summed E-state index contributed by atoms with van der Waals surface area (Å²) >= 11 is 0. The van der Waals surface area contributed by atoms with Gasteiger partial charge in [0.05, 0.1) is 19.3 Å². The van der Waals surface area contributed by atoms with Crippen LogP contribution in [0.1, 0.15) is 38.6 Å². The molecule has 0 spiro atoms. The number of nitrogens with one attached hydrogen (secondary N) is 1. The van der Waals surface area contributed by atoms with Gasteiger partial charge in [0.1, 0.15) is 0 Å². The zero-order chi connectivity index (χ0) is 12.8. The van der Waals surface area contributed by atoms with Crippen LogP contribution in [0.15, 0.2) is 0 Å². The third-order valence-corrected chi connectivity index (χ3v) is 3.27. The van der Waals surface area contributed by atoms with Crippen LogP contribution < -0.4 is 5.32 Å². The normalized spacial score (nSPS) is 19.4. The molecular weight excluding hydrogens is 266 g/mol. The Morgan fingerprint density at radius 1 is 1.47 bits per heavy atom. The van der Waals surface area contributed by atoms with Crippen LogP contribution >= 0.6 is 12.4 Å². The van der Waals surface area contributed by atoms with Crippen LogP contribution in [0.25, 0.3) is 0 Å². The fourth-order valence-corrected chi connectivity index (χ4v) is 2.26. The van der Waals surface area contributed by atoms with Crippen LogP contribution in [0.5, 0.6) is 0 Å². The lowest BCUT2D eigenvalue weighted by Crippen LogP contribution is -2.32. The lowest BCUT2D eigenvalue weighted by molar-refractivity contribution is 0.0906. The summed E-state index contributed by atoms with van der Waals surface area (Å²) in [6.45, 7) is 7.94. The maximum Gasteiger partial charge on any atom is 0.153 e. The Labute approximate surface area is 120 Å². The molecule has 0 aromatic carbocycles. The first-order valence-corrected chi connectivity index (χ1v) is 6.82. The molecule has 110 valence electrons. The number of piperidine rings is 1. The third kappa shape index (κ3) is 5.04. The van der Waals surface area contributed by atoms with Crippen molar-refractivity contribution in [1.29, 1.82) is 0 Å². The highest BCUT2D eigenvalue weighted by Crippen LogP contribution is 2.10. The summed E-state index contributed by atoms with van der Waals surface area (Å²) in [5.41, 5.74) is 0. The van der Waals surface area contributed by atoms with Gasteiger partial charge in [-0.2, -0.15) is 0 Å². The molecule has 1 N–H and O–H groups in total. The highest BCUT2D eigenvalue weighted by Gasteiger charge is 2.13. The van der Waals surface area contributed by atoms with Crippen molar-refractivity contribution in [1.82, 2.24) is 25.5 Å². The molecular formula is C12H24ClN5O. The van der Waals surface area contributed by atoms with Gasteiger partial charge >= 0.3 is 0 Å². The Morgan fingerprint density at radius 2 is 2.32 bits per heavy atom. The molecule has 2 heterocycles. The summed E-state index contributed by atoms with van der Waals surface area (Å²) in [5.74, 6) is 1.58. The number of hydrogen-bond donors (Lipinski definition) is 1. The van der Waals surface area contributed by atoms with Crippen molar-refractivity contribution in [3.8, 4) is 0 Å². The van der Waals surface area contributed by atoms with Crippen molar-refractivity contribution in [3.63, 3.8) is 0 Å². The minimum Gasteiger partial charge on any atom is -0.381 e. The molecule has 1 aliphatic heterocycles. The van der Waals surface area contributed by atoms with Crippen LogP contribution in [0, 0.1) is 5.92 Å². The fraction of sp³-hybridized carbons (Fsp3) is 0.917. The maximum absolute atomic E-state index is 5.73. The molecule has 1 aromatic heterocycles. The van der Waals surface area contributed by atoms with E-state index in [9.17, 15) is 0 Å². The second-order valence-electron chi connectivity index (χ2n) is 5.17. The minimum atomic E-state index is 0. The SMILES string of the molecule is CC(C)n1nnnc1CCOC[C@H]1CCCNC1.Cl. The zero-order valence-electron chi connectivity index (χ0n) is 11.7. The number of rotatable bonds is 6. The molecule has 1 saturated heterocycles. The van der Waals surface area contributed by atoms with Crippen LogP contribution in [0.3, 0.4) is 0 Å². The van der Waals surface area contributed by atoms with Crippen molar-refractivity contribution in [2.75, 3.05) is 26.3 Å². The van der Waals surface area contributed by atoms with Gasteiger partial charge in [0.25, 0.3) is 0 Å². The summed E-state index contributed by atoms with van der Waals surface area (Å²) in [7, 11) is 0. The Balaban J connectivity index is 0.00000180. The molecule has 0 unspecified atom stereocenters. The Morgan fingerprint density at radius 3 is 3.00 bits per heavy atom. The smallest absolute Gasteiger partial charge is 0.153 e. The molecule has 1 aromatic rings. The summed E-state index contributed by atoms with van der Waals surface area (Å²) in [6, 6.07) is 0.303. The van der Waals surface area contributed by atoms with Crippen molar-refractivity contribution in [3.05, 3.63) is 5.82 Å². The van der Waals surface area contributed by atoms with Crippen LogP contribution in [0.2, 0.25) is 0 Å². The number of tetrazole rings is 1. The van der Waals surface area contributed by atoms with E-state index >= 15 is 0 Å². The van der Waals surface area contributed by atoms with Crippen LogP contribution in [-0.4, -0.2) is 46.5 Å². The summed E-state index contributed by atoms with van der Waals surface area (Å²) < 4.78 is 7.58. The predicted molar refractivity (Wildman–Crippen MR) is 75.6 cm³/mol. The standard InChI is InChI=1S/C12H23N5O.ClH/c1-10(2)17-12(14-15-16-17)5-7-18-9-11-4-3-6-13-8-11;/h10-11,13H,3-9H2,1-2H3;1H/t11-;/m0./s1. The fourth-order valence-electron chi connectivity index (χ4n) is 2.26. The predicted octanol–water partition coefficient (Wildman–Crippen LogP) is 1.23. The van der Waals surface area contributed by atoms with Gasteiger partial charge in [-0.05, 0) is 49.6 Å². The Bertz CT molecular complexity index is 352. The van der Waals surface area contributed by atoms with Gasteiger partial charge in [-0.1, -0.05) is 0 Å². The molecule has 0 aliphatic carbocycles. The topological polar surface area (TPSA) is 64.9 Å². The Hall–Kier alpha value is -0.720. The van der Waals surface area contributed by atoms with Gasteiger partial charge in [-0.3, -0.25) is 0 Å². The first-order chi connectivity index (χ1) is 8.77. The lowest BCUT2D eigenvalue weighted by Gasteiger charge is -2.22. The molecule has 6 nitrogen and oxygen atoms in total. The average molecular weight is 290 g/mol. The molecule has 1 fully saturated rings. The van der Waals surface area contributed by atoms with Gasteiger partial charge in [0.2, 0.25) is 0 Å². The molecule has 19 heavy (non-hydrogen) atoms. The number of halogens is 1. The Kier molecular flexibility index (Phi) is 7.27. The minimum absolute atomic E-state index is 0. The molecule has 1 atom stereocenters. The zero-order valence-corrected chi connectivity index (χ0v) is 12.5. The van der Waals surface area contributed by atoms with E-state index in [0.29, 0.717) is 18.6 Å². The maximum atomic E-state index is 5.73. The second-order valence-corrected chi connectivity index (χ2v) is 5.17.